The number of benzene rings is 2. The molecule has 3 rings (SSSR count). The fraction of sp³-hybridized carbons (Fsp3) is 0.364. The van der Waals surface area contributed by atoms with Crippen LogP contribution in [0.15, 0.2) is 47.6 Å². The molecule has 0 bridgehead atoms. The molecular weight excluding hydrogens is 404 g/mol. The molecule has 0 saturated carbocycles. The van der Waals surface area contributed by atoms with E-state index in [-0.39, 0.29) is 11.7 Å². The van der Waals surface area contributed by atoms with Crippen molar-refractivity contribution in [1.29, 1.82) is 0 Å². The maximum absolute atomic E-state index is 12.2. The van der Waals surface area contributed by atoms with Crippen molar-refractivity contribution < 1.29 is 14.6 Å². The van der Waals surface area contributed by atoms with Crippen molar-refractivity contribution >= 4 is 23.7 Å². The van der Waals surface area contributed by atoms with Gasteiger partial charge in [-0.15, -0.1) is 0 Å². The first-order chi connectivity index (χ1) is 14.5. The molecule has 0 spiro atoms. The van der Waals surface area contributed by atoms with Crippen molar-refractivity contribution in [2.75, 3.05) is 39.3 Å². The second-order valence-corrected chi connectivity index (χ2v) is 7.50. The highest BCUT2D eigenvalue weighted by molar-refractivity contribution is 6.31. The minimum Gasteiger partial charge on any atom is -0.504 e. The second kappa shape index (κ2) is 11.0. The highest BCUT2D eigenvalue weighted by Gasteiger charge is 2.19. The van der Waals surface area contributed by atoms with E-state index in [0.29, 0.717) is 18.9 Å². The SMILES string of the molecule is CCOc1cc(/C=N/NC(=O)CN2CCN(Cc3ccccc3Cl)CC2)ccc1O. The highest BCUT2D eigenvalue weighted by Crippen LogP contribution is 2.26. The molecule has 8 heteroatoms. The number of rotatable bonds is 8. The summed E-state index contributed by atoms with van der Waals surface area (Å²) in [5.41, 5.74) is 4.41. The first-order valence-electron chi connectivity index (χ1n) is 10.0. The molecule has 0 aromatic heterocycles. The van der Waals surface area contributed by atoms with Gasteiger partial charge in [0, 0.05) is 37.7 Å². The number of phenols is 1. The number of ether oxygens (including phenoxy) is 1. The number of nitrogens with zero attached hydrogens (tertiary/aromatic N) is 3. The van der Waals surface area contributed by atoms with Crippen LogP contribution in [0.3, 0.4) is 0 Å². The molecule has 0 radical (unpaired) electrons. The minimum absolute atomic E-state index is 0.0757. The number of hydrogen-bond donors (Lipinski definition) is 2. The summed E-state index contributed by atoms with van der Waals surface area (Å²) in [5.74, 6) is 0.309. The van der Waals surface area contributed by atoms with Gasteiger partial charge in [-0.1, -0.05) is 29.8 Å². The van der Waals surface area contributed by atoms with Crippen molar-refractivity contribution in [2.24, 2.45) is 5.10 Å². The van der Waals surface area contributed by atoms with Crippen LogP contribution in [0.1, 0.15) is 18.1 Å². The molecule has 1 saturated heterocycles. The van der Waals surface area contributed by atoms with Crippen molar-refractivity contribution in [3.63, 3.8) is 0 Å². The summed E-state index contributed by atoms with van der Waals surface area (Å²) >= 11 is 6.24. The lowest BCUT2D eigenvalue weighted by Gasteiger charge is -2.34. The van der Waals surface area contributed by atoms with Crippen LogP contribution >= 0.6 is 11.6 Å². The van der Waals surface area contributed by atoms with Crippen molar-refractivity contribution in [3.05, 3.63) is 58.6 Å². The van der Waals surface area contributed by atoms with Gasteiger partial charge < -0.3 is 9.84 Å². The summed E-state index contributed by atoms with van der Waals surface area (Å²) in [6.07, 6.45) is 1.53. The average Bonchev–Trinajstić information content (AvgIpc) is 2.73. The molecule has 2 N–H and O–H groups in total. The number of nitrogens with one attached hydrogen (secondary N) is 1. The molecule has 7 nitrogen and oxygen atoms in total. The van der Waals surface area contributed by atoms with Crippen LogP contribution < -0.4 is 10.2 Å². The van der Waals surface area contributed by atoms with Crippen molar-refractivity contribution in [3.8, 4) is 11.5 Å². The molecule has 0 atom stereocenters. The van der Waals surface area contributed by atoms with Gasteiger partial charge in [-0.2, -0.15) is 5.10 Å². The van der Waals surface area contributed by atoms with Gasteiger partial charge in [0.2, 0.25) is 0 Å². The van der Waals surface area contributed by atoms with E-state index in [0.717, 1.165) is 48.9 Å². The second-order valence-electron chi connectivity index (χ2n) is 7.10. The summed E-state index contributed by atoms with van der Waals surface area (Å²) in [5, 5.41) is 14.5. The first-order valence-corrected chi connectivity index (χ1v) is 10.4. The molecule has 2 aromatic rings. The third kappa shape index (κ3) is 6.45. The largest absolute Gasteiger partial charge is 0.504 e. The summed E-state index contributed by atoms with van der Waals surface area (Å²) in [6, 6.07) is 12.8. The van der Waals surface area contributed by atoms with Gasteiger partial charge in [-0.3, -0.25) is 14.6 Å². The van der Waals surface area contributed by atoms with E-state index in [9.17, 15) is 9.90 Å². The van der Waals surface area contributed by atoms with Gasteiger partial charge in [-0.25, -0.2) is 5.43 Å². The van der Waals surface area contributed by atoms with E-state index >= 15 is 0 Å². The van der Waals surface area contributed by atoms with Gasteiger partial charge in [0.1, 0.15) is 0 Å². The van der Waals surface area contributed by atoms with Crippen LogP contribution in [0.5, 0.6) is 11.5 Å². The van der Waals surface area contributed by atoms with E-state index in [1.807, 2.05) is 31.2 Å². The van der Waals surface area contributed by atoms with Crippen LogP contribution in [-0.2, 0) is 11.3 Å². The Hall–Kier alpha value is -2.61. The Bertz CT molecular complexity index is 882. The molecule has 0 unspecified atom stereocenters. The molecule has 1 heterocycles. The van der Waals surface area contributed by atoms with E-state index in [2.05, 4.69) is 20.3 Å². The number of hydrazone groups is 1. The Labute approximate surface area is 181 Å². The minimum atomic E-state index is -0.158. The number of carbonyl (C=O) groups is 1. The summed E-state index contributed by atoms with van der Waals surface area (Å²) in [7, 11) is 0. The molecule has 1 amide bonds. The first kappa shape index (κ1) is 22.1. The quantitative estimate of drug-likeness (QED) is 0.497. The zero-order valence-electron chi connectivity index (χ0n) is 17.1. The van der Waals surface area contributed by atoms with Gasteiger partial charge >= 0.3 is 0 Å². The van der Waals surface area contributed by atoms with Crippen molar-refractivity contribution in [1.82, 2.24) is 15.2 Å². The maximum Gasteiger partial charge on any atom is 0.254 e. The van der Waals surface area contributed by atoms with E-state index < -0.39 is 0 Å². The summed E-state index contributed by atoms with van der Waals surface area (Å²) in [4.78, 5) is 16.6. The van der Waals surface area contributed by atoms with E-state index in [4.69, 9.17) is 16.3 Å². The number of amides is 1. The molecule has 30 heavy (non-hydrogen) atoms. The molecule has 1 fully saturated rings. The topological polar surface area (TPSA) is 77.4 Å². The van der Waals surface area contributed by atoms with Crippen molar-refractivity contribution in [2.45, 2.75) is 13.5 Å². The third-order valence-electron chi connectivity index (χ3n) is 4.87. The standard InChI is InChI=1S/C22H27ClN4O3/c1-2-30-21-13-17(7-8-20(21)28)14-24-25-22(29)16-27-11-9-26(10-12-27)15-18-5-3-4-6-19(18)23/h3-8,13-14,28H,2,9-12,15-16H2,1H3,(H,25,29)/b24-14+. The lowest BCUT2D eigenvalue weighted by molar-refractivity contribution is -0.122. The number of piperazine rings is 1. The maximum atomic E-state index is 12.2. The molecule has 2 aromatic carbocycles. The smallest absolute Gasteiger partial charge is 0.254 e. The van der Waals surface area contributed by atoms with Crippen LogP contribution in [0.25, 0.3) is 0 Å². The number of carbonyl (C=O) groups excluding carboxylic acids is 1. The van der Waals surface area contributed by atoms with Crippen LogP contribution in [0, 0.1) is 0 Å². The van der Waals surface area contributed by atoms with E-state index in [1.165, 1.54) is 12.3 Å². The molecule has 0 aliphatic carbocycles. The van der Waals surface area contributed by atoms with Crippen LogP contribution in [-0.4, -0.2) is 66.4 Å². The predicted molar refractivity (Wildman–Crippen MR) is 118 cm³/mol. The van der Waals surface area contributed by atoms with E-state index in [1.54, 1.807) is 12.1 Å². The molecular formula is C22H27ClN4O3. The number of aromatic hydroxyl groups is 1. The van der Waals surface area contributed by atoms with Gasteiger partial charge in [0.15, 0.2) is 11.5 Å². The zero-order valence-corrected chi connectivity index (χ0v) is 17.8. The Morgan fingerprint density at radius 1 is 1.20 bits per heavy atom. The normalized spacial score (nSPS) is 15.4. The van der Waals surface area contributed by atoms with Crippen LogP contribution in [0.4, 0.5) is 0 Å². The lowest BCUT2D eigenvalue weighted by atomic mass is 10.2. The average molecular weight is 431 g/mol. The number of phenolic OH excluding ortho intramolecular Hbond substituents is 1. The molecule has 1 aliphatic heterocycles. The predicted octanol–water partition coefficient (Wildman–Crippen LogP) is 2.71. The Morgan fingerprint density at radius 2 is 1.93 bits per heavy atom. The fourth-order valence-corrected chi connectivity index (χ4v) is 3.47. The monoisotopic (exact) mass is 430 g/mol. The zero-order chi connectivity index (χ0) is 21.3. The lowest BCUT2D eigenvalue weighted by Crippen LogP contribution is -2.48. The highest BCUT2D eigenvalue weighted by atomic mass is 35.5. The third-order valence-corrected chi connectivity index (χ3v) is 5.24. The van der Waals surface area contributed by atoms with Crippen LogP contribution in [0.2, 0.25) is 5.02 Å². The van der Waals surface area contributed by atoms with Gasteiger partial charge in [0.05, 0.1) is 19.4 Å². The van der Waals surface area contributed by atoms with Gasteiger partial charge in [-0.05, 0) is 42.3 Å². The fourth-order valence-electron chi connectivity index (χ4n) is 3.27. The Kier molecular flexibility index (Phi) is 8.07. The Morgan fingerprint density at radius 3 is 2.67 bits per heavy atom. The Balaban J connectivity index is 1.41. The number of halogens is 1. The summed E-state index contributed by atoms with van der Waals surface area (Å²) in [6.45, 7) is 6.82. The number of hydrogen-bond acceptors (Lipinski definition) is 6. The molecule has 1 aliphatic rings. The molecule has 160 valence electrons. The summed E-state index contributed by atoms with van der Waals surface area (Å²) < 4.78 is 5.34. The van der Waals surface area contributed by atoms with Gasteiger partial charge in [0.25, 0.3) is 5.91 Å².